The Balaban J connectivity index is 1.77. The van der Waals surface area contributed by atoms with Gasteiger partial charge in [-0.1, -0.05) is 0 Å². The zero-order valence-electron chi connectivity index (χ0n) is 13.5. The smallest absolute Gasteiger partial charge is 0.137 e. The average molecular weight is 358 g/mol. The van der Waals surface area contributed by atoms with Crippen LogP contribution in [0.5, 0.6) is 0 Å². The normalized spacial score (nSPS) is 12.1. The highest BCUT2D eigenvalue weighted by molar-refractivity contribution is 6.43. The van der Waals surface area contributed by atoms with Gasteiger partial charge in [-0.3, -0.25) is 0 Å². The van der Waals surface area contributed by atoms with E-state index in [2.05, 4.69) is 15.3 Å². The van der Waals surface area contributed by atoms with Crippen molar-refractivity contribution in [1.29, 1.82) is 10.8 Å². The molecule has 0 saturated heterocycles. The maximum Gasteiger partial charge on any atom is 0.137 e. The lowest BCUT2D eigenvalue weighted by Gasteiger charge is -2.11. The molecule has 1 atom stereocenters. The minimum atomic E-state index is -0.693. The molecule has 25 heavy (non-hydrogen) atoms. The van der Waals surface area contributed by atoms with Gasteiger partial charge in [-0.05, 0) is 48.9 Å². The second-order valence-electron chi connectivity index (χ2n) is 5.78. The lowest BCUT2D eigenvalue weighted by Crippen LogP contribution is -2.27. The predicted octanol–water partition coefficient (Wildman–Crippen LogP) is 4.45. The van der Waals surface area contributed by atoms with E-state index in [0.717, 1.165) is 28.0 Å². The van der Waals surface area contributed by atoms with Gasteiger partial charge in [0, 0.05) is 16.8 Å². The molecule has 7 heteroatoms. The molecule has 0 spiro atoms. The van der Waals surface area contributed by atoms with E-state index < -0.39 is 5.38 Å². The molecule has 1 aromatic carbocycles. The molecule has 2 heterocycles. The number of H-pyrrole nitrogens is 1. The van der Waals surface area contributed by atoms with Crippen LogP contribution in [0.3, 0.4) is 0 Å². The molecule has 0 aliphatic heterocycles. The summed E-state index contributed by atoms with van der Waals surface area (Å²) in [5.74, 6) is -0.273. The summed E-state index contributed by atoms with van der Waals surface area (Å²) in [6, 6.07) is 10.1. The maximum absolute atomic E-state index is 13.0. The fourth-order valence-corrected chi connectivity index (χ4v) is 2.52. The first-order valence-corrected chi connectivity index (χ1v) is 8.12. The van der Waals surface area contributed by atoms with Crippen LogP contribution in [0.1, 0.15) is 6.92 Å². The van der Waals surface area contributed by atoms with Crippen molar-refractivity contribution in [1.82, 2.24) is 9.97 Å². The topological polar surface area (TPSA) is 88.4 Å². The molecule has 128 valence electrons. The fraction of sp³-hybridized carbons (Fsp3) is 0.167. The number of nitrogens with zero attached hydrogens (tertiary/aromatic N) is 1. The van der Waals surface area contributed by atoms with Crippen LogP contribution in [0.25, 0.3) is 22.3 Å². The van der Waals surface area contributed by atoms with E-state index in [1.54, 1.807) is 25.3 Å². The molecule has 0 amide bonds. The third kappa shape index (κ3) is 3.85. The van der Waals surface area contributed by atoms with E-state index in [1.165, 1.54) is 12.1 Å². The predicted molar refractivity (Wildman–Crippen MR) is 101 cm³/mol. The molecule has 4 N–H and O–H groups in total. The molecule has 0 fully saturated rings. The average Bonchev–Trinajstić information content (AvgIpc) is 3.02. The molecule has 3 rings (SSSR count). The number of fused-ring (bicyclic) bond motifs is 1. The Bertz CT molecular complexity index is 932. The van der Waals surface area contributed by atoms with Crippen LogP contribution < -0.4 is 5.32 Å². The highest BCUT2D eigenvalue weighted by Crippen LogP contribution is 2.25. The van der Waals surface area contributed by atoms with Crippen LogP contribution in [0.15, 0.2) is 42.6 Å². The van der Waals surface area contributed by atoms with E-state index in [-0.39, 0.29) is 23.8 Å². The Labute approximate surface area is 149 Å². The van der Waals surface area contributed by atoms with Gasteiger partial charge in [0.1, 0.15) is 16.8 Å². The highest BCUT2D eigenvalue weighted by Gasteiger charge is 2.13. The summed E-state index contributed by atoms with van der Waals surface area (Å²) >= 11 is 5.97. The van der Waals surface area contributed by atoms with Gasteiger partial charge in [0.25, 0.3) is 0 Å². The van der Waals surface area contributed by atoms with Crippen molar-refractivity contribution in [3.05, 3.63) is 48.4 Å². The number of aromatic nitrogens is 2. The molecular formula is C18H17ClFN5. The highest BCUT2D eigenvalue weighted by atomic mass is 35.5. The summed E-state index contributed by atoms with van der Waals surface area (Å²) < 4.78 is 13.0. The Hall–Kier alpha value is -2.73. The van der Waals surface area contributed by atoms with Crippen LogP contribution in [0.2, 0.25) is 0 Å². The maximum atomic E-state index is 13.0. The standard InChI is InChI=1S/C18H17ClFN5/c1-10(21)17(19)15(22)9-23-14-6-12-7-16(25-18(12)24-8-14)11-2-4-13(20)5-3-11/h2-8,17,21-23H,9H2,1H3,(H,24,25). The van der Waals surface area contributed by atoms with Crippen LogP contribution >= 0.6 is 11.6 Å². The van der Waals surface area contributed by atoms with Crippen LogP contribution in [-0.2, 0) is 0 Å². The van der Waals surface area contributed by atoms with Crippen molar-refractivity contribution in [3.8, 4) is 11.3 Å². The number of alkyl halides is 1. The summed E-state index contributed by atoms with van der Waals surface area (Å²) in [6.07, 6.45) is 1.67. The number of hydrogen-bond acceptors (Lipinski definition) is 4. The summed E-state index contributed by atoms with van der Waals surface area (Å²) in [4.78, 5) is 7.57. The number of anilines is 1. The number of pyridine rings is 1. The Kier molecular flexibility index (Phi) is 4.81. The van der Waals surface area contributed by atoms with Gasteiger partial charge >= 0.3 is 0 Å². The van der Waals surface area contributed by atoms with Crippen molar-refractivity contribution >= 4 is 39.7 Å². The van der Waals surface area contributed by atoms with Crippen LogP contribution in [0.4, 0.5) is 10.1 Å². The summed E-state index contributed by atoms with van der Waals surface area (Å²) in [7, 11) is 0. The monoisotopic (exact) mass is 357 g/mol. The number of halogens is 2. The number of hydrogen-bond donors (Lipinski definition) is 4. The molecule has 0 saturated carbocycles. The van der Waals surface area contributed by atoms with Gasteiger partial charge in [-0.25, -0.2) is 9.37 Å². The minimum absolute atomic E-state index is 0.232. The third-order valence-electron chi connectivity index (χ3n) is 3.79. The second-order valence-corrected chi connectivity index (χ2v) is 6.21. The van der Waals surface area contributed by atoms with Crippen molar-refractivity contribution in [2.75, 3.05) is 11.9 Å². The van der Waals surface area contributed by atoms with E-state index in [4.69, 9.17) is 22.4 Å². The van der Waals surface area contributed by atoms with Gasteiger partial charge in [0.15, 0.2) is 0 Å². The number of benzene rings is 1. The van der Waals surface area contributed by atoms with E-state index in [9.17, 15) is 4.39 Å². The lowest BCUT2D eigenvalue weighted by atomic mass is 10.1. The molecule has 0 bridgehead atoms. The van der Waals surface area contributed by atoms with Crippen molar-refractivity contribution in [3.63, 3.8) is 0 Å². The first-order chi connectivity index (χ1) is 11.9. The fourth-order valence-electron chi connectivity index (χ4n) is 2.45. The second kappa shape index (κ2) is 7.03. The van der Waals surface area contributed by atoms with E-state index in [0.29, 0.717) is 0 Å². The summed E-state index contributed by atoms with van der Waals surface area (Å²) in [5.41, 5.74) is 3.70. The van der Waals surface area contributed by atoms with Crippen molar-refractivity contribution < 1.29 is 4.39 Å². The lowest BCUT2D eigenvalue weighted by molar-refractivity contribution is 0.628. The Morgan fingerprint density at radius 1 is 1.28 bits per heavy atom. The molecular weight excluding hydrogens is 341 g/mol. The van der Waals surface area contributed by atoms with Crippen molar-refractivity contribution in [2.45, 2.75) is 12.3 Å². The summed E-state index contributed by atoms with van der Waals surface area (Å²) in [6.45, 7) is 1.82. The zero-order chi connectivity index (χ0) is 18.0. The van der Waals surface area contributed by atoms with Gasteiger partial charge < -0.3 is 21.1 Å². The molecule has 3 aromatic rings. The van der Waals surface area contributed by atoms with Crippen LogP contribution in [0, 0.1) is 16.6 Å². The van der Waals surface area contributed by atoms with E-state index >= 15 is 0 Å². The Morgan fingerprint density at radius 3 is 2.68 bits per heavy atom. The molecule has 2 aromatic heterocycles. The van der Waals surface area contributed by atoms with Crippen molar-refractivity contribution in [2.24, 2.45) is 0 Å². The van der Waals surface area contributed by atoms with Gasteiger partial charge in [0.2, 0.25) is 0 Å². The quantitative estimate of drug-likeness (QED) is 0.388. The van der Waals surface area contributed by atoms with Crippen LogP contribution in [-0.4, -0.2) is 33.3 Å². The van der Waals surface area contributed by atoms with Gasteiger partial charge in [-0.15, -0.1) is 11.6 Å². The third-order valence-corrected chi connectivity index (χ3v) is 4.39. The number of aromatic amines is 1. The molecule has 1 unspecified atom stereocenters. The Morgan fingerprint density at radius 2 is 2.00 bits per heavy atom. The minimum Gasteiger partial charge on any atom is -0.378 e. The largest absolute Gasteiger partial charge is 0.378 e. The van der Waals surface area contributed by atoms with Gasteiger partial charge in [0.05, 0.1) is 24.1 Å². The molecule has 5 nitrogen and oxygen atoms in total. The first kappa shape index (κ1) is 17.1. The SMILES string of the molecule is CC(=N)C(Cl)C(=N)CNc1cnc2[nH]c(-c3ccc(F)cc3)cc2c1. The first-order valence-electron chi connectivity index (χ1n) is 7.69. The molecule has 0 aliphatic rings. The number of nitrogens with one attached hydrogen (secondary N) is 4. The summed E-state index contributed by atoms with van der Waals surface area (Å²) in [5, 5.41) is 18.7. The molecule has 0 aliphatic carbocycles. The van der Waals surface area contributed by atoms with E-state index in [1.807, 2.05) is 12.1 Å². The van der Waals surface area contributed by atoms with Gasteiger partial charge in [-0.2, -0.15) is 0 Å². The zero-order valence-corrected chi connectivity index (χ0v) is 14.3. The molecule has 0 radical (unpaired) electrons. The number of rotatable bonds is 6.